The fourth-order valence-electron chi connectivity index (χ4n) is 2.33. The molecule has 0 unspecified atom stereocenters. The average Bonchev–Trinajstić information content (AvgIpc) is 3.05. The van der Waals surface area contributed by atoms with Gasteiger partial charge in [-0.15, -0.1) is 0 Å². The van der Waals surface area contributed by atoms with E-state index in [9.17, 15) is 14.4 Å². The normalized spacial score (nSPS) is 19.4. The Hall–Kier alpha value is -2.93. The molecule has 1 aromatic carbocycles. The number of aryl methyl sites for hydroxylation is 1. The van der Waals surface area contributed by atoms with Gasteiger partial charge >= 0.3 is 11.7 Å². The molecular formula is C17H16N2O5. The van der Waals surface area contributed by atoms with E-state index in [1.165, 1.54) is 10.8 Å². The molecule has 3 rings (SSSR count). The van der Waals surface area contributed by atoms with E-state index in [-0.39, 0.29) is 6.61 Å². The van der Waals surface area contributed by atoms with Crippen LogP contribution in [0.2, 0.25) is 0 Å². The lowest BCUT2D eigenvalue weighted by molar-refractivity contribution is -0.0223. The van der Waals surface area contributed by atoms with Crippen LogP contribution in [-0.4, -0.2) is 28.2 Å². The van der Waals surface area contributed by atoms with Crippen LogP contribution in [0, 0.1) is 6.92 Å². The van der Waals surface area contributed by atoms with Gasteiger partial charge in [0.15, 0.2) is 6.23 Å². The van der Waals surface area contributed by atoms with E-state index in [1.54, 1.807) is 43.3 Å². The standard InChI is InChI=1S/C17H16N2O5/c1-11-9-19(17(22)18-15(11)20)14-8-7-13(24-14)10-23-16(21)12-5-3-2-4-6-12/h2-9,13-14H,10H2,1H3,(H,18,20,22)/t13-,14+/m1/s1. The number of aromatic nitrogens is 2. The number of nitrogens with zero attached hydrogens (tertiary/aromatic N) is 1. The number of rotatable bonds is 4. The molecule has 2 heterocycles. The zero-order valence-corrected chi connectivity index (χ0v) is 13.0. The number of carbonyl (C=O) groups is 1. The highest BCUT2D eigenvalue weighted by molar-refractivity contribution is 5.89. The quantitative estimate of drug-likeness (QED) is 0.672. The number of esters is 1. The van der Waals surface area contributed by atoms with Crippen LogP contribution in [0.15, 0.2) is 58.3 Å². The van der Waals surface area contributed by atoms with Gasteiger partial charge in [0, 0.05) is 11.8 Å². The second-order valence-corrected chi connectivity index (χ2v) is 5.39. The summed E-state index contributed by atoms with van der Waals surface area (Å²) in [7, 11) is 0. The Morgan fingerprint density at radius 3 is 2.75 bits per heavy atom. The number of carbonyl (C=O) groups excluding carboxylic acids is 1. The molecule has 124 valence electrons. The smallest absolute Gasteiger partial charge is 0.338 e. The molecule has 0 amide bonds. The predicted molar refractivity (Wildman–Crippen MR) is 85.8 cm³/mol. The summed E-state index contributed by atoms with van der Waals surface area (Å²) in [4.78, 5) is 37.4. The Bertz CT molecular complexity index is 882. The summed E-state index contributed by atoms with van der Waals surface area (Å²) in [6.07, 6.45) is 3.74. The van der Waals surface area contributed by atoms with Crippen LogP contribution in [0.1, 0.15) is 22.1 Å². The lowest BCUT2D eigenvalue weighted by Crippen LogP contribution is -2.33. The summed E-state index contributed by atoms with van der Waals surface area (Å²) >= 11 is 0. The molecule has 0 saturated carbocycles. The highest BCUT2D eigenvalue weighted by atomic mass is 16.6. The number of nitrogens with one attached hydrogen (secondary N) is 1. The van der Waals surface area contributed by atoms with E-state index >= 15 is 0 Å². The average molecular weight is 328 g/mol. The summed E-state index contributed by atoms with van der Waals surface area (Å²) in [5, 5.41) is 0. The van der Waals surface area contributed by atoms with Crippen molar-refractivity contribution in [1.29, 1.82) is 0 Å². The molecular weight excluding hydrogens is 312 g/mol. The third-order valence-corrected chi connectivity index (χ3v) is 3.61. The molecule has 0 fully saturated rings. The van der Waals surface area contributed by atoms with Gasteiger partial charge in [0.25, 0.3) is 5.56 Å². The van der Waals surface area contributed by atoms with Crippen LogP contribution in [0.5, 0.6) is 0 Å². The van der Waals surface area contributed by atoms with Crippen LogP contribution >= 0.6 is 0 Å². The first-order chi connectivity index (χ1) is 11.5. The van der Waals surface area contributed by atoms with Gasteiger partial charge in [-0.2, -0.15) is 0 Å². The molecule has 2 aromatic rings. The first-order valence-corrected chi connectivity index (χ1v) is 7.42. The predicted octanol–water partition coefficient (Wildman–Crippen LogP) is 1.16. The van der Waals surface area contributed by atoms with Crippen LogP contribution in [0.25, 0.3) is 0 Å². The molecule has 0 spiro atoms. The third-order valence-electron chi connectivity index (χ3n) is 3.61. The lowest BCUT2D eigenvalue weighted by atomic mass is 10.2. The van der Waals surface area contributed by atoms with Gasteiger partial charge in [-0.1, -0.05) is 24.3 Å². The van der Waals surface area contributed by atoms with Crippen molar-refractivity contribution >= 4 is 5.97 Å². The van der Waals surface area contributed by atoms with Crippen molar-refractivity contribution in [2.24, 2.45) is 0 Å². The molecule has 24 heavy (non-hydrogen) atoms. The van der Waals surface area contributed by atoms with Crippen molar-refractivity contribution in [3.63, 3.8) is 0 Å². The van der Waals surface area contributed by atoms with Gasteiger partial charge < -0.3 is 9.47 Å². The Labute approximate surface area is 137 Å². The molecule has 2 atom stereocenters. The van der Waals surface area contributed by atoms with Gasteiger partial charge in [-0.05, 0) is 25.1 Å². The summed E-state index contributed by atoms with van der Waals surface area (Å²) in [6.45, 7) is 1.64. The van der Waals surface area contributed by atoms with Crippen LogP contribution in [0.4, 0.5) is 0 Å². The van der Waals surface area contributed by atoms with E-state index in [1.807, 2.05) is 6.07 Å². The topological polar surface area (TPSA) is 90.4 Å². The Kier molecular flexibility index (Phi) is 4.43. The van der Waals surface area contributed by atoms with E-state index in [4.69, 9.17) is 9.47 Å². The van der Waals surface area contributed by atoms with Crippen molar-refractivity contribution in [2.75, 3.05) is 6.61 Å². The molecule has 7 nitrogen and oxygen atoms in total. The van der Waals surface area contributed by atoms with E-state index in [2.05, 4.69) is 4.98 Å². The Morgan fingerprint density at radius 1 is 1.25 bits per heavy atom. The SMILES string of the molecule is Cc1cn([C@@H]2C=C[C@H](COC(=O)c3ccccc3)O2)c(=O)[nH]c1=O. The maximum atomic E-state index is 11.9. The van der Waals surface area contributed by atoms with E-state index in [0.717, 1.165) is 0 Å². The first kappa shape index (κ1) is 15.9. The van der Waals surface area contributed by atoms with Crippen LogP contribution in [-0.2, 0) is 9.47 Å². The molecule has 7 heteroatoms. The number of hydrogen-bond acceptors (Lipinski definition) is 5. The fourth-order valence-corrected chi connectivity index (χ4v) is 2.33. The third kappa shape index (κ3) is 3.36. The maximum absolute atomic E-state index is 11.9. The molecule has 0 radical (unpaired) electrons. The summed E-state index contributed by atoms with van der Waals surface area (Å²) in [5.74, 6) is -0.437. The number of hydrogen-bond donors (Lipinski definition) is 1. The maximum Gasteiger partial charge on any atom is 0.338 e. The minimum Gasteiger partial charge on any atom is -0.459 e. The Balaban J connectivity index is 1.62. The summed E-state index contributed by atoms with van der Waals surface area (Å²) in [6, 6.07) is 8.65. The minimum absolute atomic E-state index is 0.0395. The first-order valence-electron chi connectivity index (χ1n) is 7.42. The van der Waals surface area contributed by atoms with Crippen molar-refractivity contribution < 1.29 is 14.3 Å². The second-order valence-electron chi connectivity index (χ2n) is 5.39. The second kappa shape index (κ2) is 6.67. The van der Waals surface area contributed by atoms with Crippen molar-refractivity contribution in [3.8, 4) is 0 Å². The highest BCUT2D eigenvalue weighted by Gasteiger charge is 2.23. The van der Waals surface area contributed by atoms with Gasteiger partial charge in [-0.3, -0.25) is 14.3 Å². The van der Waals surface area contributed by atoms with Gasteiger partial charge in [0.05, 0.1) is 5.56 Å². The van der Waals surface area contributed by atoms with Crippen molar-refractivity contribution in [1.82, 2.24) is 9.55 Å². The highest BCUT2D eigenvalue weighted by Crippen LogP contribution is 2.20. The van der Waals surface area contributed by atoms with Crippen molar-refractivity contribution in [2.45, 2.75) is 19.3 Å². The monoisotopic (exact) mass is 328 g/mol. The number of benzene rings is 1. The van der Waals surface area contributed by atoms with Gasteiger partial charge in [0.1, 0.15) is 12.7 Å². The number of H-pyrrole nitrogens is 1. The van der Waals surface area contributed by atoms with Crippen LogP contribution < -0.4 is 11.2 Å². The zero-order valence-electron chi connectivity index (χ0n) is 13.0. The molecule has 1 aromatic heterocycles. The van der Waals surface area contributed by atoms with E-state index < -0.39 is 29.6 Å². The van der Waals surface area contributed by atoms with Gasteiger partial charge in [0.2, 0.25) is 0 Å². The molecule has 1 aliphatic rings. The number of aromatic amines is 1. The van der Waals surface area contributed by atoms with E-state index in [0.29, 0.717) is 11.1 Å². The van der Waals surface area contributed by atoms with Crippen molar-refractivity contribution in [3.05, 3.63) is 80.6 Å². The Morgan fingerprint density at radius 2 is 2.00 bits per heavy atom. The molecule has 0 saturated heterocycles. The number of ether oxygens (including phenoxy) is 2. The molecule has 1 aliphatic heterocycles. The summed E-state index contributed by atoms with van der Waals surface area (Å²) < 4.78 is 12.2. The van der Waals surface area contributed by atoms with Gasteiger partial charge in [-0.25, -0.2) is 9.59 Å². The molecule has 0 bridgehead atoms. The zero-order chi connectivity index (χ0) is 17.1. The summed E-state index contributed by atoms with van der Waals surface area (Å²) in [5.41, 5.74) is -0.109. The molecule has 1 N–H and O–H groups in total. The largest absolute Gasteiger partial charge is 0.459 e. The van der Waals surface area contributed by atoms with Crippen LogP contribution in [0.3, 0.4) is 0 Å². The molecule has 0 aliphatic carbocycles. The fraction of sp³-hybridized carbons (Fsp3) is 0.235. The lowest BCUT2D eigenvalue weighted by Gasteiger charge is -2.16. The minimum atomic E-state index is -0.645.